The molecule has 26 heavy (non-hydrogen) atoms. The number of aliphatic carboxylic acids is 1. The fourth-order valence-electron chi connectivity index (χ4n) is 2.71. The quantitative estimate of drug-likeness (QED) is 0.754. The number of methoxy groups -OCH3 is 1. The van der Waals surface area contributed by atoms with Crippen molar-refractivity contribution in [1.29, 1.82) is 0 Å². The number of carboxylic acid groups (broad SMARTS) is 1. The Hall–Kier alpha value is -2.16. The maximum Gasteiger partial charge on any atom is 0.309 e. The molecule has 0 unspecified atom stereocenters. The SMILES string of the molecule is COc1ccc(-c2nc(CC(=O)O)cs2)cc1OCCN1CCOCC1. The lowest BCUT2D eigenvalue weighted by Crippen LogP contribution is -2.38. The molecule has 0 bridgehead atoms. The van der Waals surface area contributed by atoms with Crippen molar-refractivity contribution in [2.24, 2.45) is 0 Å². The molecule has 2 aromatic rings. The van der Waals surface area contributed by atoms with Crippen LogP contribution in [0.2, 0.25) is 0 Å². The molecule has 1 aromatic heterocycles. The normalized spacial score (nSPS) is 15.0. The number of carbonyl (C=O) groups is 1. The number of benzene rings is 1. The summed E-state index contributed by atoms with van der Waals surface area (Å²) in [7, 11) is 1.61. The maximum absolute atomic E-state index is 10.8. The van der Waals surface area contributed by atoms with Crippen molar-refractivity contribution in [3.05, 3.63) is 29.3 Å². The zero-order chi connectivity index (χ0) is 18.4. The molecule has 0 radical (unpaired) electrons. The number of hydrogen-bond donors (Lipinski definition) is 1. The van der Waals surface area contributed by atoms with Crippen LogP contribution in [0.3, 0.4) is 0 Å². The van der Waals surface area contributed by atoms with Crippen molar-refractivity contribution in [3.8, 4) is 22.1 Å². The summed E-state index contributed by atoms with van der Waals surface area (Å²) in [4.78, 5) is 17.5. The summed E-state index contributed by atoms with van der Waals surface area (Å²) in [6, 6.07) is 5.64. The Kier molecular flexibility index (Phi) is 6.43. The van der Waals surface area contributed by atoms with Crippen molar-refractivity contribution in [1.82, 2.24) is 9.88 Å². The van der Waals surface area contributed by atoms with E-state index in [1.165, 1.54) is 11.3 Å². The van der Waals surface area contributed by atoms with Gasteiger partial charge in [0.15, 0.2) is 11.5 Å². The second-order valence-corrected chi connectivity index (χ2v) is 6.74. The second kappa shape index (κ2) is 8.98. The Morgan fingerprint density at radius 1 is 1.35 bits per heavy atom. The van der Waals surface area contributed by atoms with Crippen LogP contribution >= 0.6 is 11.3 Å². The fraction of sp³-hybridized carbons (Fsp3) is 0.444. The summed E-state index contributed by atoms with van der Waals surface area (Å²) in [5, 5.41) is 11.4. The summed E-state index contributed by atoms with van der Waals surface area (Å²) >= 11 is 1.42. The molecule has 0 atom stereocenters. The van der Waals surface area contributed by atoms with E-state index in [0.717, 1.165) is 43.4 Å². The molecule has 7 nitrogen and oxygen atoms in total. The highest BCUT2D eigenvalue weighted by atomic mass is 32.1. The van der Waals surface area contributed by atoms with Crippen LogP contribution in [0.4, 0.5) is 0 Å². The van der Waals surface area contributed by atoms with Crippen LogP contribution in [0.1, 0.15) is 5.69 Å². The van der Waals surface area contributed by atoms with Gasteiger partial charge in [-0.2, -0.15) is 0 Å². The number of carboxylic acids is 1. The summed E-state index contributed by atoms with van der Waals surface area (Å²) in [6.45, 7) is 4.76. The minimum Gasteiger partial charge on any atom is -0.493 e. The smallest absolute Gasteiger partial charge is 0.309 e. The first-order chi connectivity index (χ1) is 12.7. The maximum atomic E-state index is 10.8. The Labute approximate surface area is 156 Å². The van der Waals surface area contributed by atoms with E-state index >= 15 is 0 Å². The van der Waals surface area contributed by atoms with Crippen LogP contribution < -0.4 is 9.47 Å². The average molecular weight is 378 g/mol. The topological polar surface area (TPSA) is 81.1 Å². The van der Waals surface area contributed by atoms with E-state index in [9.17, 15) is 4.79 Å². The molecule has 0 amide bonds. The molecule has 1 aliphatic heterocycles. The van der Waals surface area contributed by atoms with Gasteiger partial charge in [0.1, 0.15) is 11.6 Å². The van der Waals surface area contributed by atoms with Crippen molar-refractivity contribution in [3.63, 3.8) is 0 Å². The molecule has 0 saturated carbocycles. The number of nitrogens with zero attached hydrogens (tertiary/aromatic N) is 2. The highest BCUT2D eigenvalue weighted by Gasteiger charge is 2.13. The van der Waals surface area contributed by atoms with Crippen LogP contribution in [-0.4, -0.2) is 67.5 Å². The number of ether oxygens (including phenoxy) is 3. The van der Waals surface area contributed by atoms with Gasteiger partial charge < -0.3 is 19.3 Å². The molecule has 1 fully saturated rings. The molecule has 0 spiro atoms. The van der Waals surface area contributed by atoms with Crippen molar-refractivity contribution < 1.29 is 24.1 Å². The largest absolute Gasteiger partial charge is 0.493 e. The Balaban J connectivity index is 1.67. The molecule has 8 heteroatoms. The highest BCUT2D eigenvalue weighted by Crippen LogP contribution is 2.34. The molecule has 0 aliphatic carbocycles. The summed E-state index contributed by atoms with van der Waals surface area (Å²) < 4.78 is 16.7. The number of aromatic nitrogens is 1. The van der Waals surface area contributed by atoms with E-state index in [-0.39, 0.29) is 6.42 Å². The summed E-state index contributed by atoms with van der Waals surface area (Å²) in [5.74, 6) is 0.440. The predicted molar refractivity (Wildman–Crippen MR) is 98.2 cm³/mol. The van der Waals surface area contributed by atoms with Crippen LogP contribution in [0.15, 0.2) is 23.6 Å². The first-order valence-corrected chi connectivity index (χ1v) is 9.31. The van der Waals surface area contributed by atoms with Crippen molar-refractivity contribution in [2.45, 2.75) is 6.42 Å². The molecule has 1 saturated heterocycles. The first kappa shape index (κ1) is 18.6. The lowest BCUT2D eigenvalue weighted by Gasteiger charge is -2.26. The van der Waals surface area contributed by atoms with Gasteiger partial charge in [-0.25, -0.2) is 4.98 Å². The predicted octanol–water partition coefficient (Wildman–Crippen LogP) is 2.16. The lowest BCUT2D eigenvalue weighted by atomic mass is 10.2. The van der Waals surface area contributed by atoms with E-state index < -0.39 is 5.97 Å². The van der Waals surface area contributed by atoms with Gasteiger partial charge >= 0.3 is 5.97 Å². The van der Waals surface area contributed by atoms with Crippen LogP contribution in [0.5, 0.6) is 11.5 Å². The molecule has 1 N–H and O–H groups in total. The number of morpholine rings is 1. The third-order valence-electron chi connectivity index (χ3n) is 4.06. The summed E-state index contributed by atoms with van der Waals surface area (Å²) in [6.07, 6.45) is -0.0738. The van der Waals surface area contributed by atoms with E-state index in [1.54, 1.807) is 12.5 Å². The standard InChI is InChI=1S/C18H22N2O5S/c1-23-15-3-2-13(18-19-14(12-26-18)11-17(21)22)10-16(15)25-9-6-20-4-7-24-8-5-20/h2-3,10,12H,4-9,11H2,1H3,(H,21,22). The third kappa shape index (κ3) is 4.94. The zero-order valence-electron chi connectivity index (χ0n) is 14.6. The van der Waals surface area contributed by atoms with Crippen LogP contribution in [0.25, 0.3) is 10.6 Å². The van der Waals surface area contributed by atoms with E-state index in [2.05, 4.69) is 9.88 Å². The van der Waals surface area contributed by atoms with Crippen molar-refractivity contribution >= 4 is 17.3 Å². The Bertz CT molecular complexity index is 743. The monoisotopic (exact) mass is 378 g/mol. The molecular weight excluding hydrogens is 356 g/mol. The van der Waals surface area contributed by atoms with Gasteiger partial charge in [0.05, 0.1) is 32.4 Å². The van der Waals surface area contributed by atoms with Gasteiger partial charge in [-0.15, -0.1) is 11.3 Å². The van der Waals surface area contributed by atoms with Crippen LogP contribution in [-0.2, 0) is 16.0 Å². The number of hydrogen-bond acceptors (Lipinski definition) is 7. The molecule has 1 aliphatic rings. The number of thiazole rings is 1. The van der Waals surface area contributed by atoms with Crippen LogP contribution in [0, 0.1) is 0 Å². The highest BCUT2D eigenvalue weighted by molar-refractivity contribution is 7.13. The molecule has 3 rings (SSSR count). The number of rotatable bonds is 8. The van der Waals surface area contributed by atoms with Gasteiger partial charge in [-0.1, -0.05) is 0 Å². The van der Waals surface area contributed by atoms with Gasteiger partial charge in [0, 0.05) is 30.6 Å². The molecule has 1 aromatic carbocycles. The minimum atomic E-state index is -0.885. The first-order valence-electron chi connectivity index (χ1n) is 8.43. The van der Waals surface area contributed by atoms with E-state index in [1.807, 2.05) is 18.2 Å². The average Bonchev–Trinajstić information content (AvgIpc) is 3.10. The van der Waals surface area contributed by atoms with Gasteiger partial charge in [0.25, 0.3) is 0 Å². The molecular formula is C18H22N2O5S. The zero-order valence-corrected chi connectivity index (χ0v) is 15.5. The third-order valence-corrected chi connectivity index (χ3v) is 5.00. The molecule has 140 valence electrons. The summed E-state index contributed by atoms with van der Waals surface area (Å²) in [5.41, 5.74) is 1.44. The lowest BCUT2D eigenvalue weighted by molar-refractivity contribution is -0.136. The van der Waals surface area contributed by atoms with Gasteiger partial charge in [-0.3, -0.25) is 9.69 Å². The molecule has 2 heterocycles. The Morgan fingerprint density at radius 3 is 2.88 bits per heavy atom. The minimum absolute atomic E-state index is 0.0738. The van der Waals surface area contributed by atoms with E-state index in [4.69, 9.17) is 19.3 Å². The second-order valence-electron chi connectivity index (χ2n) is 5.88. The van der Waals surface area contributed by atoms with Gasteiger partial charge in [-0.05, 0) is 18.2 Å². The van der Waals surface area contributed by atoms with Gasteiger partial charge in [0.2, 0.25) is 0 Å². The Morgan fingerprint density at radius 2 is 2.15 bits per heavy atom. The van der Waals surface area contributed by atoms with E-state index in [0.29, 0.717) is 23.8 Å². The fourth-order valence-corrected chi connectivity index (χ4v) is 3.52. The van der Waals surface area contributed by atoms with Crippen molar-refractivity contribution in [2.75, 3.05) is 46.6 Å².